The largest absolute Gasteiger partial charge is 0.462 e. The summed E-state index contributed by atoms with van der Waals surface area (Å²) in [5, 5.41) is 0. The number of anilines is 1. The first-order valence-electron chi connectivity index (χ1n) is 10.3. The third kappa shape index (κ3) is 2.83. The van der Waals surface area contributed by atoms with Gasteiger partial charge in [0.2, 0.25) is 0 Å². The van der Waals surface area contributed by atoms with Crippen LogP contribution in [0, 0.1) is 5.41 Å². The van der Waals surface area contributed by atoms with E-state index in [1.165, 1.54) is 0 Å². The molecule has 2 N–H and O–H groups in total. The number of Topliss-reactive ketones (excluding diaryl/α,β-unsaturated/α-hetero) is 1. The molecule has 1 spiro atoms. The highest BCUT2D eigenvalue weighted by molar-refractivity contribution is 6.18. The van der Waals surface area contributed by atoms with Crippen LogP contribution in [0.5, 0.6) is 0 Å². The first-order valence-corrected chi connectivity index (χ1v) is 10.3. The number of fused-ring (bicyclic) bond motifs is 3. The second kappa shape index (κ2) is 7.11. The summed E-state index contributed by atoms with van der Waals surface area (Å²) >= 11 is 0. The highest BCUT2D eigenvalue weighted by atomic mass is 16.5. The number of nitrogens with two attached hydrogens (primary N) is 1. The molecule has 2 aliphatic heterocycles. The fourth-order valence-corrected chi connectivity index (χ4v) is 4.94. The number of rotatable bonds is 4. The Labute approximate surface area is 181 Å². The summed E-state index contributed by atoms with van der Waals surface area (Å²) in [7, 11) is 0. The molecule has 0 fully saturated rings. The molecule has 7 nitrogen and oxygen atoms in total. The molecular weight excluding hydrogens is 396 g/mol. The Kier molecular flexibility index (Phi) is 4.80. The van der Waals surface area contributed by atoms with E-state index >= 15 is 0 Å². The van der Waals surface area contributed by atoms with Crippen LogP contribution in [-0.2, 0) is 29.3 Å². The minimum Gasteiger partial charge on any atom is -0.462 e. The molecule has 3 aliphatic rings. The summed E-state index contributed by atoms with van der Waals surface area (Å²) < 4.78 is 11.0. The number of para-hydroxylation sites is 1. The Bertz CT molecular complexity index is 1080. The number of ketones is 1. The van der Waals surface area contributed by atoms with Crippen LogP contribution in [0.1, 0.15) is 39.2 Å². The maximum Gasteiger partial charge on any atom is 0.339 e. The van der Waals surface area contributed by atoms with E-state index in [9.17, 15) is 14.4 Å². The molecule has 1 atom stereocenters. The number of hydrogen-bond donors (Lipinski definition) is 1. The Morgan fingerprint density at radius 3 is 2.68 bits per heavy atom. The van der Waals surface area contributed by atoms with E-state index in [0.29, 0.717) is 30.0 Å². The van der Waals surface area contributed by atoms with Crippen molar-refractivity contribution in [3.63, 3.8) is 0 Å². The molecule has 0 radical (unpaired) electrons. The van der Waals surface area contributed by atoms with Crippen molar-refractivity contribution in [2.24, 2.45) is 11.1 Å². The summed E-state index contributed by atoms with van der Waals surface area (Å²) in [5.41, 5.74) is 5.64. The molecule has 0 saturated heterocycles. The second-order valence-electron chi connectivity index (χ2n) is 8.78. The lowest BCUT2D eigenvalue weighted by atomic mass is 9.62. The Hall–Kier alpha value is -3.35. The Balaban J connectivity index is 2.10. The average Bonchev–Trinajstić information content (AvgIpc) is 2.96. The van der Waals surface area contributed by atoms with Crippen molar-refractivity contribution in [3.8, 4) is 0 Å². The first-order chi connectivity index (χ1) is 14.7. The summed E-state index contributed by atoms with van der Waals surface area (Å²) in [6, 6.07) is 7.12. The Morgan fingerprint density at radius 2 is 2.00 bits per heavy atom. The van der Waals surface area contributed by atoms with Crippen molar-refractivity contribution >= 4 is 23.4 Å². The predicted octanol–water partition coefficient (Wildman–Crippen LogP) is 2.86. The third-order valence-electron chi connectivity index (χ3n) is 6.05. The van der Waals surface area contributed by atoms with Gasteiger partial charge in [0.05, 0.1) is 12.2 Å². The highest BCUT2D eigenvalue weighted by Crippen LogP contribution is 2.57. The second-order valence-corrected chi connectivity index (χ2v) is 8.78. The molecule has 162 valence electrons. The van der Waals surface area contributed by atoms with Crippen molar-refractivity contribution < 1.29 is 23.9 Å². The van der Waals surface area contributed by atoms with Gasteiger partial charge in [-0.3, -0.25) is 4.79 Å². The van der Waals surface area contributed by atoms with Gasteiger partial charge in [-0.2, -0.15) is 0 Å². The molecule has 1 aromatic carbocycles. The van der Waals surface area contributed by atoms with E-state index < -0.39 is 17.4 Å². The molecule has 1 aromatic rings. The molecule has 31 heavy (non-hydrogen) atoms. The van der Waals surface area contributed by atoms with Crippen LogP contribution in [-0.4, -0.2) is 30.9 Å². The van der Waals surface area contributed by atoms with Crippen molar-refractivity contribution in [2.45, 2.75) is 39.0 Å². The molecular formula is C24H26N2O5. The molecule has 0 aromatic heterocycles. The molecule has 0 bridgehead atoms. The molecule has 2 heterocycles. The van der Waals surface area contributed by atoms with E-state index in [4.69, 9.17) is 15.2 Å². The van der Waals surface area contributed by atoms with Crippen molar-refractivity contribution in [3.05, 3.63) is 65.2 Å². The fraction of sp³-hybridized carbons (Fsp3) is 0.375. The van der Waals surface area contributed by atoms with Gasteiger partial charge in [0.25, 0.3) is 0 Å². The number of esters is 2. The van der Waals surface area contributed by atoms with Gasteiger partial charge in [-0.1, -0.05) is 38.1 Å². The minimum absolute atomic E-state index is 0.0559. The van der Waals surface area contributed by atoms with Crippen LogP contribution in [0.25, 0.3) is 0 Å². The molecule has 0 unspecified atom stereocenters. The van der Waals surface area contributed by atoms with Gasteiger partial charge in [0.1, 0.15) is 17.2 Å². The topological polar surface area (TPSA) is 98.9 Å². The zero-order chi connectivity index (χ0) is 22.6. The van der Waals surface area contributed by atoms with Gasteiger partial charge < -0.3 is 20.1 Å². The van der Waals surface area contributed by atoms with Gasteiger partial charge in [0.15, 0.2) is 11.2 Å². The quantitative estimate of drug-likeness (QED) is 0.588. The number of carbonyl (C=O) groups excluding carboxylic acids is 3. The highest BCUT2D eigenvalue weighted by Gasteiger charge is 2.64. The monoisotopic (exact) mass is 422 g/mol. The van der Waals surface area contributed by atoms with Crippen molar-refractivity contribution in [1.29, 1.82) is 0 Å². The van der Waals surface area contributed by atoms with E-state index in [1.54, 1.807) is 36.1 Å². The van der Waals surface area contributed by atoms with Gasteiger partial charge in [-0.15, -0.1) is 6.58 Å². The average molecular weight is 422 g/mol. The van der Waals surface area contributed by atoms with Gasteiger partial charge in [-0.25, -0.2) is 9.59 Å². The van der Waals surface area contributed by atoms with Gasteiger partial charge >= 0.3 is 11.9 Å². The fourth-order valence-electron chi connectivity index (χ4n) is 4.94. The molecule has 0 amide bonds. The third-order valence-corrected chi connectivity index (χ3v) is 6.05. The van der Waals surface area contributed by atoms with Crippen LogP contribution in [0.4, 0.5) is 5.69 Å². The zero-order valence-electron chi connectivity index (χ0n) is 18.0. The van der Waals surface area contributed by atoms with Gasteiger partial charge in [0, 0.05) is 30.6 Å². The van der Waals surface area contributed by atoms with Crippen LogP contribution >= 0.6 is 0 Å². The van der Waals surface area contributed by atoms with Gasteiger partial charge in [-0.05, 0) is 18.4 Å². The summed E-state index contributed by atoms with van der Waals surface area (Å²) in [4.78, 5) is 42.0. The van der Waals surface area contributed by atoms with Crippen LogP contribution in [0.2, 0.25) is 0 Å². The van der Waals surface area contributed by atoms with E-state index in [1.807, 2.05) is 19.9 Å². The number of carbonyl (C=O) groups is 3. The number of benzene rings is 1. The lowest BCUT2D eigenvalue weighted by Crippen LogP contribution is -2.51. The maximum absolute atomic E-state index is 13.6. The van der Waals surface area contributed by atoms with Crippen LogP contribution < -0.4 is 10.6 Å². The molecule has 4 rings (SSSR count). The molecule has 1 aliphatic carbocycles. The van der Waals surface area contributed by atoms with E-state index in [0.717, 1.165) is 0 Å². The summed E-state index contributed by atoms with van der Waals surface area (Å²) in [5.74, 6) is -1.29. The zero-order valence-corrected chi connectivity index (χ0v) is 18.0. The molecule has 0 saturated carbocycles. The van der Waals surface area contributed by atoms with Crippen LogP contribution in [0.3, 0.4) is 0 Å². The molecule has 7 heteroatoms. The lowest BCUT2D eigenvalue weighted by Gasteiger charge is -2.42. The minimum atomic E-state index is -1.74. The SMILES string of the molecule is C=CCN1C(N)=C(C(=O)OCC)[C@]2(C(=O)OC3=C2C(=O)CC(C)(C)C3)c2ccccc21. The summed E-state index contributed by atoms with van der Waals surface area (Å²) in [6.45, 7) is 9.75. The standard InChI is InChI=1S/C24H26N2O5/c1-5-11-26-15-10-8-7-9-14(15)24(19(20(26)25)21(28)30-6-2)18-16(27)12-23(3,4)13-17(18)31-22(24)29/h5,7-10H,1,6,11-13,25H2,2-4H3/t24-/m0/s1. The van der Waals surface area contributed by atoms with E-state index in [-0.39, 0.29) is 41.2 Å². The van der Waals surface area contributed by atoms with E-state index in [2.05, 4.69) is 6.58 Å². The Morgan fingerprint density at radius 1 is 1.29 bits per heavy atom. The maximum atomic E-state index is 13.6. The van der Waals surface area contributed by atoms with Crippen LogP contribution in [0.15, 0.2) is 59.6 Å². The predicted molar refractivity (Wildman–Crippen MR) is 115 cm³/mol. The number of ether oxygens (including phenoxy) is 2. The number of hydrogen-bond acceptors (Lipinski definition) is 7. The first kappa shape index (κ1) is 20.9. The summed E-state index contributed by atoms with van der Waals surface area (Å²) in [6.07, 6.45) is 2.30. The number of allylic oxidation sites excluding steroid dienone is 1. The van der Waals surface area contributed by atoms with Crippen molar-refractivity contribution in [1.82, 2.24) is 0 Å². The van der Waals surface area contributed by atoms with Crippen molar-refractivity contribution in [2.75, 3.05) is 18.1 Å². The lowest BCUT2D eigenvalue weighted by molar-refractivity contribution is -0.146. The number of nitrogens with zero attached hydrogens (tertiary/aromatic N) is 1. The smallest absolute Gasteiger partial charge is 0.339 e. The normalized spacial score (nSPS) is 24.2.